The van der Waals surface area contributed by atoms with E-state index >= 15 is 0 Å². The van der Waals surface area contributed by atoms with Gasteiger partial charge in [-0.05, 0) is 37.0 Å². The number of benzene rings is 1. The first-order chi connectivity index (χ1) is 8.85. The van der Waals surface area contributed by atoms with Gasteiger partial charge in [0.25, 0.3) is 0 Å². The van der Waals surface area contributed by atoms with Crippen molar-refractivity contribution >= 4 is 0 Å². The van der Waals surface area contributed by atoms with Crippen molar-refractivity contribution in [1.82, 2.24) is 20.3 Å². The van der Waals surface area contributed by atoms with Gasteiger partial charge < -0.3 is 5.32 Å². The van der Waals surface area contributed by atoms with Crippen LogP contribution in [0.2, 0.25) is 0 Å². The third-order valence-corrected chi connectivity index (χ3v) is 3.30. The lowest BCUT2D eigenvalue weighted by molar-refractivity contribution is 0.671. The van der Waals surface area contributed by atoms with E-state index in [1.807, 2.05) is 10.9 Å². The molecule has 1 aliphatic carbocycles. The summed E-state index contributed by atoms with van der Waals surface area (Å²) in [6.07, 6.45) is 5.66. The predicted octanol–water partition coefficient (Wildman–Crippen LogP) is 2.08. The van der Waals surface area contributed by atoms with Gasteiger partial charge in [-0.3, -0.25) is 0 Å². The smallest absolute Gasteiger partial charge is 0.0969 e. The summed E-state index contributed by atoms with van der Waals surface area (Å²) in [5, 5.41) is 11.8. The minimum absolute atomic E-state index is 0.707. The van der Waals surface area contributed by atoms with Crippen molar-refractivity contribution in [2.45, 2.75) is 38.8 Å². The summed E-state index contributed by atoms with van der Waals surface area (Å²) in [7, 11) is 0. The lowest BCUT2D eigenvalue weighted by Gasteiger charge is -2.01. The zero-order valence-corrected chi connectivity index (χ0v) is 10.6. The Labute approximate surface area is 107 Å². The van der Waals surface area contributed by atoms with E-state index in [1.165, 1.54) is 18.4 Å². The van der Waals surface area contributed by atoms with Crippen molar-refractivity contribution in [2.75, 3.05) is 0 Å². The van der Waals surface area contributed by atoms with Crippen LogP contribution in [0.5, 0.6) is 0 Å². The van der Waals surface area contributed by atoms with Crippen molar-refractivity contribution in [1.29, 1.82) is 0 Å². The maximum atomic E-state index is 4.19. The number of aryl methyl sites for hydroxylation is 1. The highest BCUT2D eigenvalue weighted by atomic mass is 15.4. The summed E-state index contributed by atoms with van der Waals surface area (Å²) in [6, 6.07) is 9.16. The molecule has 4 heteroatoms. The van der Waals surface area contributed by atoms with Crippen LogP contribution in [0, 0.1) is 0 Å². The van der Waals surface area contributed by atoms with E-state index in [-0.39, 0.29) is 0 Å². The highest BCUT2D eigenvalue weighted by Gasteiger charge is 2.20. The Hall–Kier alpha value is -1.68. The quantitative estimate of drug-likeness (QED) is 0.873. The molecule has 3 rings (SSSR count). The first-order valence-electron chi connectivity index (χ1n) is 6.59. The fourth-order valence-electron chi connectivity index (χ4n) is 1.93. The Bertz CT molecular complexity index is 511. The average Bonchev–Trinajstić information content (AvgIpc) is 3.14. The largest absolute Gasteiger partial charge is 0.308 e. The second-order valence-corrected chi connectivity index (χ2v) is 4.83. The Morgan fingerprint density at radius 3 is 2.72 bits per heavy atom. The first kappa shape index (κ1) is 11.4. The summed E-state index contributed by atoms with van der Waals surface area (Å²) in [6.45, 7) is 2.98. The van der Waals surface area contributed by atoms with E-state index in [1.54, 1.807) is 0 Å². The highest BCUT2D eigenvalue weighted by Crippen LogP contribution is 2.19. The van der Waals surface area contributed by atoms with Crippen LogP contribution in [-0.2, 0) is 13.0 Å². The number of nitrogens with zero attached hydrogens (tertiary/aromatic N) is 3. The molecule has 0 atom stereocenters. The van der Waals surface area contributed by atoms with Gasteiger partial charge >= 0.3 is 0 Å². The van der Waals surface area contributed by atoms with E-state index in [0.717, 1.165) is 24.3 Å². The van der Waals surface area contributed by atoms with Gasteiger partial charge in [0.05, 0.1) is 17.6 Å². The molecule has 0 amide bonds. The SMILES string of the molecule is CCc1ccc(-n2cc(CNC3CC3)nn2)cc1. The van der Waals surface area contributed by atoms with Crippen molar-refractivity contribution in [3.8, 4) is 5.69 Å². The molecule has 94 valence electrons. The molecule has 0 aliphatic heterocycles. The molecule has 0 saturated heterocycles. The fraction of sp³-hybridized carbons (Fsp3) is 0.429. The molecular formula is C14H18N4. The third kappa shape index (κ3) is 2.59. The minimum Gasteiger partial charge on any atom is -0.308 e. The predicted molar refractivity (Wildman–Crippen MR) is 70.6 cm³/mol. The molecule has 18 heavy (non-hydrogen) atoms. The molecule has 1 N–H and O–H groups in total. The van der Waals surface area contributed by atoms with Gasteiger partial charge in [-0.15, -0.1) is 5.10 Å². The van der Waals surface area contributed by atoms with Crippen LogP contribution in [0.3, 0.4) is 0 Å². The van der Waals surface area contributed by atoms with Gasteiger partial charge in [-0.2, -0.15) is 0 Å². The van der Waals surface area contributed by atoms with Crippen LogP contribution in [-0.4, -0.2) is 21.0 Å². The Morgan fingerprint density at radius 2 is 2.06 bits per heavy atom. The Morgan fingerprint density at radius 1 is 1.28 bits per heavy atom. The topological polar surface area (TPSA) is 42.7 Å². The van der Waals surface area contributed by atoms with Crippen molar-refractivity contribution in [2.24, 2.45) is 0 Å². The fourth-order valence-corrected chi connectivity index (χ4v) is 1.93. The van der Waals surface area contributed by atoms with Crippen LogP contribution >= 0.6 is 0 Å². The van der Waals surface area contributed by atoms with Crippen LogP contribution < -0.4 is 5.32 Å². The van der Waals surface area contributed by atoms with E-state index in [9.17, 15) is 0 Å². The summed E-state index contributed by atoms with van der Waals surface area (Å²) < 4.78 is 1.84. The molecule has 0 radical (unpaired) electrons. The van der Waals surface area contributed by atoms with Crippen LogP contribution in [0.1, 0.15) is 31.0 Å². The van der Waals surface area contributed by atoms with Gasteiger partial charge in [-0.25, -0.2) is 4.68 Å². The summed E-state index contributed by atoms with van der Waals surface area (Å²) in [5.41, 5.74) is 3.41. The van der Waals surface area contributed by atoms with Crippen molar-refractivity contribution in [3.63, 3.8) is 0 Å². The maximum absolute atomic E-state index is 4.19. The maximum Gasteiger partial charge on any atom is 0.0969 e. The zero-order chi connectivity index (χ0) is 12.4. The third-order valence-electron chi connectivity index (χ3n) is 3.30. The van der Waals surface area contributed by atoms with Gasteiger partial charge in [0.1, 0.15) is 0 Å². The van der Waals surface area contributed by atoms with E-state index in [0.29, 0.717) is 6.04 Å². The summed E-state index contributed by atoms with van der Waals surface area (Å²) in [4.78, 5) is 0. The number of nitrogens with one attached hydrogen (secondary N) is 1. The van der Waals surface area contributed by atoms with Gasteiger partial charge in [0, 0.05) is 12.6 Å². The van der Waals surface area contributed by atoms with Crippen LogP contribution in [0.25, 0.3) is 5.69 Å². The zero-order valence-electron chi connectivity index (χ0n) is 10.6. The highest BCUT2D eigenvalue weighted by molar-refractivity contribution is 5.33. The minimum atomic E-state index is 0.707. The molecule has 1 saturated carbocycles. The normalized spacial score (nSPS) is 14.9. The Balaban J connectivity index is 1.70. The monoisotopic (exact) mass is 242 g/mol. The van der Waals surface area contributed by atoms with Gasteiger partial charge in [0.15, 0.2) is 0 Å². The molecule has 1 fully saturated rings. The van der Waals surface area contributed by atoms with Gasteiger partial charge in [0.2, 0.25) is 0 Å². The number of aromatic nitrogens is 3. The number of hydrogen-bond donors (Lipinski definition) is 1. The lowest BCUT2D eigenvalue weighted by Crippen LogP contribution is -2.15. The average molecular weight is 242 g/mol. The molecule has 0 spiro atoms. The van der Waals surface area contributed by atoms with Crippen LogP contribution in [0.15, 0.2) is 30.5 Å². The second-order valence-electron chi connectivity index (χ2n) is 4.83. The van der Waals surface area contributed by atoms with Gasteiger partial charge in [-0.1, -0.05) is 24.3 Å². The molecule has 1 aliphatic rings. The van der Waals surface area contributed by atoms with Crippen LogP contribution in [0.4, 0.5) is 0 Å². The van der Waals surface area contributed by atoms with E-state index < -0.39 is 0 Å². The lowest BCUT2D eigenvalue weighted by atomic mass is 10.1. The molecule has 0 unspecified atom stereocenters. The van der Waals surface area contributed by atoms with E-state index in [4.69, 9.17) is 0 Å². The molecule has 1 aromatic carbocycles. The number of hydrogen-bond acceptors (Lipinski definition) is 3. The summed E-state index contributed by atoms with van der Waals surface area (Å²) >= 11 is 0. The molecule has 2 aromatic rings. The molecule has 1 aromatic heterocycles. The standard InChI is InChI=1S/C14H18N4/c1-2-11-3-7-14(8-4-11)18-10-13(16-17-18)9-15-12-5-6-12/h3-4,7-8,10,12,15H,2,5-6,9H2,1H3. The molecule has 4 nitrogen and oxygen atoms in total. The Kier molecular flexibility index (Phi) is 3.11. The molecular weight excluding hydrogens is 224 g/mol. The molecule has 1 heterocycles. The van der Waals surface area contributed by atoms with Crippen molar-refractivity contribution < 1.29 is 0 Å². The molecule has 0 bridgehead atoms. The van der Waals surface area contributed by atoms with E-state index in [2.05, 4.69) is 46.8 Å². The van der Waals surface area contributed by atoms with Crippen molar-refractivity contribution in [3.05, 3.63) is 41.7 Å². The first-order valence-corrected chi connectivity index (χ1v) is 6.59. The summed E-state index contributed by atoms with van der Waals surface area (Å²) in [5.74, 6) is 0. The second kappa shape index (κ2) is 4.90. The number of rotatable bonds is 5.